The fourth-order valence-electron chi connectivity index (χ4n) is 2.65. The molecule has 1 aromatic rings. The molecule has 24 heavy (non-hydrogen) atoms. The van der Waals surface area contributed by atoms with Crippen LogP contribution < -0.4 is 11.1 Å². The minimum Gasteiger partial charge on any atom is -0.447 e. The summed E-state index contributed by atoms with van der Waals surface area (Å²) in [5, 5.41) is 2.32. The Bertz CT molecular complexity index is 570. The van der Waals surface area contributed by atoms with Gasteiger partial charge >= 0.3 is 12.0 Å². The van der Waals surface area contributed by atoms with Crippen molar-refractivity contribution < 1.29 is 19.1 Å². The lowest BCUT2D eigenvalue weighted by atomic mass is 10.1. The van der Waals surface area contributed by atoms with Crippen molar-refractivity contribution in [2.75, 3.05) is 19.6 Å². The summed E-state index contributed by atoms with van der Waals surface area (Å²) in [5.74, 6) is -0.750. The van der Waals surface area contributed by atoms with Gasteiger partial charge in [-0.15, -0.1) is 0 Å². The van der Waals surface area contributed by atoms with Gasteiger partial charge in [-0.1, -0.05) is 30.3 Å². The van der Waals surface area contributed by atoms with E-state index in [0.29, 0.717) is 18.7 Å². The normalized spacial score (nSPS) is 15.4. The number of ether oxygens (including phenoxy) is 1. The molecule has 1 aromatic carbocycles. The number of carbonyl (C=O) groups is 3. The molecule has 1 aliphatic rings. The third kappa shape index (κ3) is 5.26. The molecule has 1 atom stereocenters. The summed E-state index contributed by atoms with van der Waals surface area (Å²) in [6.45, 7) is 1.44. The number of likely N-dealkylation sites (tertiary alicyclic amines) is 1. The molecular formula is C17H23N3O4. The number of benzene rings is 1. The van der Waals surface area contributed by atoms with Crippen molar-refractivity contribution in [3.63, 3.8) is 0 Å². The molecule has 3 amide bonds. The zero-order valence-corrected chi connectivity index (χ0v) is 13.6. The van der Waals surface area contributed by atoms with Crippen molar-refractivity contribution in [2.24, 2.45) is 5.73 Å². The number of urea groups is 1. The maximum Gasteiger partial charge on any atom is 0.312 e. The minimum atomic E-state index is -0.953. The summed E-state index contributed by atoms with van der Waals surface area (Å²) in [6, 6.07) is 8.27. The van der Waals surface area contributed by atoms with E-state index in [-0.39, 0.29) is 18.9 Å². The van der Waals surface area contributed by atoms with Gasteiger partial charge in [-0.05, 0) is 19.3 Å². The summed E-state index contributed by atoms with van der Waals surface area (Å²) in [4.78, 5) is 37.2. The Labute approximate surface area is 141 Å². The van der Waals surface area contributed by atoms with Crippen molar-refractivity contribution in [1.29, 1.82) is 0 Å². The smallest absolute Gasteiger partial charge is 0.312 e. The number of piperidine rings is 1. The van der Waals surface area contributed by atoms with Crippen LogP contribution in [-0.2, 0) is 14.3 Å². The second-order valence-corrected chi connectivity index (χ2v) is 5.71. The highest BCUT2D eigenvalue weighted by Gasteiger charge is 2.30. The highest BCUT2D eigenvalue weighted by molar-refractivity contribution is 5.85. The maximum absolute atomic E-state index is 12.8. The molecule has 1 fully saturated rings. The second kappa shape index (κ2) is 8.90. The number of carbonyl (C=O) groups excluding carboxylic acids is 3. The molecular weight excluding hydrogens is 310 g/mol. The lowest BCUT2D eigenvalue weighted by molar-refractivity contribution is -0.161. The number of hydrogen-bond acceptors (Lipinski definition) is 4. The van der Waals surface area contributed by atoms with Crippen molar-refractivity contribution in [3.8, 4) is 0 Å². The van der Waals surface area contributed by atoms with Crippen molar-refractivity contribution in [1.82, 2.24) is 10.2 Å². The van der Waals surface area contributed by atoms with E-state index in [1.54, 1.807) is 29.2 Å². The number of nitrogens with one attached hydrogen (secondary N) is 1. The van der Waals surface area contributed by atoms with Crippen molar-refractivity contribution >= 4 is 17.9 Å². The Balaban J connectivity index is 2.04. The molecule has 3 N–H and O–H groups in total. The molecule has 0 bridgehead atoms. The van der Waals surface area contributed by atoms with Crippen LogP contribution in [0, 0.1) is 0 Å². The third-order valence-electron chi connectivity index (χ3n) is 3.87. The molecule has 7 nitrogen and oxygen atoms in total. The first-order valence-electron chi connectivity index (χ1n) is 8.14. The average Bonchev–Trinajstić information content (AvgIpc) is 2.60. The van der Waals surface area contributed by atoms with E-state index in [0.717, 1.165) is 19.3 Å². The predicted molar refractivity (Wildman–Crippen MR) is 87.9 cm³/mol. The largest absolute Gasteiger partial charge is 0.447 e. The molecule has 0 unspecified atom stereocenters. The van der Waals surface area contributed by atoms with Crippen LogP contribution in [0.4, 0.5) is 4.79 Å². The van der Waals surface area contributed by atoms with Gasteiger partial charge in [0, 0.05) is 25.2 Å². The lowest BCUT2D eigenvalue weighted by Gasteiger charge is -2.30. The Morgan fingerprint density at radius 2 is 1.79 bits per heavy atom. The number of primary amides is 1. The van der Waals surface area contributed by atoms with Crippen LogP contribution in [0.5, 0.6) is 0 Å². The molecule has 1 heterocycles. The van der Waals surface area contributed by atoms with Gasteiger partial charge in [0.25, 0.3) is 5.91 Å². The third-order valence-corrected chi connectivity index (χ3v) is 3.87. The van der Waals surface area contributed by atoms with Gasteiger partial charge in [0.05, 0.1) is 6.42 Å². The van der Waals surface area contributed by atoms with Gasteiger partial charge in [0.15, 0.2) is 0 Å². The molecule has 0 saturated carbocycles. The highest BCUT2D eigenvalue weighted by atomic mass is 16.5. The van der Waals surface area contributed by atoms with E-state index in [4.69, 9.17) is 10.5 Å². The summed E-state index contributed by atoms with van der Waals surface area (Å²) < 4.78 is 5.41. The summed E-state index contributed by atoms with van der Waals surface area (Å²) in [7, 11) is 0. The Morgan fingerprint density at radius 3 is 2.42 bits per heavy atom. The van der Waals surface area contributed by atoms with Gasteiger partial charge in [-0.2, -0.15) is 0 Å². The molecule has 0 spiro atoms. The number of esters is 1. The molecule has 0 aromatic heterocycles. The SMILES string of the molecule is NC(=O)NCCC(=O)O[C@H](C(=O)N1CCCCC1)c1ccccc1. The predicted octanol–water partition coefficient (Wildman–Crippen LogP) is 1.34. The van der Waals surface area contributed by atoms with Crippen LogP contribution in [0.15, 0.2) is 30.3 Å². The zero-order chi connectivity index (χ0) is 17.4. The number of rotatable bonds is 6. The number of nitrogens with zero attached hydrogens (tertiary/aromatic N) is 1. The van der Waals surface area contributed by atoms with Crippen molar-refractivity contribution in [3.05, 3.63) is 35.9 Å². The summed E-state index contributed by atoms with van der Waals surface area (Å²) >= 11 is 0. The van der Waals surface area contributed by atoms with Crippen LogP contribution in [0.3, 0.4) is 0 Å². The van der Waals surface area contributed by atoms with Gasteiger partial charge in [-0.3, -0.25) is 9.59 Å². The van der Waals surface area contributed by atoms with Gasteiger partial charge in [0.2, 0.25) is 6.10 Å². The number of hydrogen-bond donors (Lipinski definition) is 2. The quantitative estimate of drug-likeness (QED) is 0.767. The van der Waals surface area contributed by atoms with E-state index >= 15 is 0 Å². The van der Waals surface area contributed by atoms with Crippen LogP contribution >= 0.6 is 0 Å². The van der Waals surface area contributed by atoms with Gasteiger partial charge < -0.3 is 20.7 Å². The van der Waals surface area contributed by atoms with E-state index < -0.39 is 18.1 Å². The van der Waals surface area contributed by atoms with E-state index in [1.165, 1.54) is 0 Å². The first kappa shape index (κ1) is 17.8. The van der Waals surface area contributed by atoms with Gasteiger partial charge in [-0.25, -0.2) is 4.79 Å². The lowest BCUT2D eigenvalue weighted by Crippen LogP contribution is -2.40. The second-order valence-electron chi connectivity index (χ2n) is 5.71. The maximum atomic E-state index is 12.8. The summed E-state index contributed by atoms with van der Waals surface area (Å²) in [6.07, 6.45) is 2.04. The molecule has 130 valence electrons. The molecule has 0 aliphatic carbocycles. The van der Waals surface area contributed by atoms with Crippen molar-refractivity contribution in [2.45, 2.75) is 31.8 Å². The molecule has 1 saturated heterocycles. The Hall–Kier alpha value is -2.57. The first-order chi connectivity index (χ1) is 11.6. The average molecular weight is 333 g/mol. The van der Waals surface area contributed by atoms with Crippen LogP contribution in [0.1, 0.15) is 37.4 Å². The fraction of sp³-hybridized carbons (Fsp3) is 0.471. The molecule has 7 heteroatoms. The van der Waals surface area contributed by atoms with E-state index in [9.17, 15) is 14.4 Å². The topological polar surface area (TPSA) is 102 Å². The Morgan fingerprint density at radius 1 is 1.12 bits per heavy atom. The molecule has 0 radical (unpaired) electrons. The molecule has 2 rings (SSSR count). The fourth-order valence-corrected chi connectivity index (χ4v) is 2.65. The Kier molecular flexibility index (Phi) is 6.60. The van der Waals surface area contributed by atoms with Crippen LogP contribution in [-0.4, -0.2) is 42.4 Å². The zero-order valence-electron chi connectivity index (χ0n) is 13.6. The standard InChI is InChI=1S/C17H23N3O4/c18-17(23)19-10-9-14(21)24-15(13-7-3-1-4-8-13)16(22)20-11-5-2-6-12-20/h1,3-4,7-8,15H,2,5-6,9-12H2,(H3,18,19,23)/t15-/m0/s1. The van der Waals surface area contributed by atoms with E-state index in [1.807, 2.05) is 6.07 Å². The highest BCUT2D eigenvalue weighted by Crippen LogP contribution is 2.23. The summed E-state index contributed by atoms with van der Waals surface area (Å²) in [5.41, 5.74) is 5.60. The number of amides is 3. The van der Waals surface area contributed by atoms with Crippen LogP contribution in [0.2, 0.25) is 0 Å². The number of nitrogens with two attached hydrogens (primary N) is 1. The van der Waals surface area contributed by atoms with E-state index in [2.05, 4.69) is 5.32 Å². The van der Waals surface area contributed by atoms with Gasteiger partial charge in [0.1, 0.15) is 0 Å². The molecule has 1 aliphatic heterocycles. The minimum absolute atomic E-state index is 0.0421. The monoisotopic (exact) mass is 333 g/mol. The first-order valence-corrected chi connectivity index (χ1v) is 8.14. The van der Waals surface area contributed by atoms with Crippen LogP contribution in [0.25, 0.3) is 0 Å².